The average Bonchev–Trinajstić information content (AvgIpc) is 2.77. The smallest absolute Gasteiger partial charge is 0.307 e. The van der Waals surface area contributed by atoms with Crippen LogP contribution in [0.2, 0.25) is 0 Å². The van der Waals surface area contributed by atoms with Gasteiger partial charge in [0.15, 0.2) is 0 Å². The van der Waals surface area contributed by atoms with E-state index in [1.807, 2.05) is 39.0 Å². The molecule has 1 aromatic carbocycles. The maximum Gasteiger partial charge on any atom is 0.307 e. The molecule has 2 atom stereocenters. The number of nitrogens with one attached hydrogen (secondary N) is 1. The molecule has 1 N–H and O–H groups in total. The summed E-state index contributed by atoms with van der Waals surface area (Å²) < 4.78 is 20.2. The lowest BCUT2D eigenvalue weighted by Crippen LogP contribution is -2.51. The van der Waals surface area contributed by atoms with Gasteiger partial charge in [-0.15, -0.1) is 4.72 Å². The van der Waals surface area contributed by atoms with Gasteiger partial charge in [-0.3, -0.25) is 4.79 Å². The van der Waals surface area contributed by atoms with Crippen LogP contribution in [0.1, 0.15) is 44.7 Å². The number of benzene rings is 1. The standard InChI is InChI=1S/C16H23NO3S/c1-15(2,3)21(19)17-16(11-14(18)20-4)10-9-12-7-5-6-8-13(12)16/h5-8,17H,9-11H2,1-4H3/t16-,21+/m0/s1. The average molecular weight is 309 g/mol. The summed E-state index contributed by atoms with van der Waals surface area (Å²) in [5.41, 5.74) is 1.68. The van der Waals surface area contributed by atoms with E-state index < -0.39 is 16.9 Å². The molecule has 5 heteroatoms. The van der Waals surface area contributed by atoms with E-state index >= 15 is 0 Å². The summed E-state index contributed by atoms with van der Waals surface area (Å²) in [7, 11) is 1.39. The highest BCUT2D eigenvalue weighted by Gasteiger charge is 2.46. The molecule has 2 rings (SSSR count). The largest absolute Gasteiger partial charge is 0.598 e. The Morgan fingerprint density at radius 3 is 2.71 bits per heavy atom. The zero-order chi connectivity index (χ0) is 15.7. The molecule has 21 heavy (non-hydrogen) atoms. The number of fused-ring (bicyclic) bond motifs is 1. The third-order valence-electron chi connectivity index (χ3n) is 3.87. The van der Waals surface area contributed by atoms with Crippen molar-refractivity contribution >= 4 is 17.3 Å². The van der Waals surface area contributed by atoms with Crippen molar-refractivity contribution in [1.29, 1.82) is 0 Å². The summed E-state index contributed by atoms with van der Waals surface area (Å²) in [5.74, 6) is -0.287. The lowest BCUT2D eigenvalue weighted by atomic mass is 9.89. The molecule has 116 valence electrons. The molecule has 1 aliphatic rings. The normalized spacial score (nSPS) is 22.7. The first-order valence-corrected chi connectivity index (χ1v) is 8.28. The summed E-state index contributed by atoms with van der Waals surface area (Å²) in [5, 5.41) is 0. The second kappa shape index (κ2) is 5.99. The van der Waals surface area contributed by atoms with Gasteiger partial charge in [0.2, 0.25) is 0 Å². The Hall–Kier alpha value is -1.04. The van der Waals surface area contributed by atoms with Crippen LogP contribution in [0.4, 0.5) is 0 Å². The molecule has 0 amide bonds. The van der Waals surface area contributed by atoms with E-state index in [-0.39, 0.29) is 17.1 Å². The molecule has 0 bridgehead atoms. The fourth-order valence-electron chi connectivity index (χ4n) is 2.66. The van der Waals surface area contributed by atoms with E-state index in [1.165, 1.54) is 12.7 Å². The first-order valence-electron chi connectivity index (χ1n) is 7.13. The van der Waals surface area contributed by atoms with Crippen LogP contribution >= 0.6 is 0 Å². The maximum atomic E-state index is 12.6. The van der Waals surface area contributed by atoms with Gasteiger partial charge in [-0.25, -0.2) is 0 Å². The van der Waals surface area contributed by atoms with Crippen molar-refractivity contribution in [3.05, 3.63) is 35.4 Å². The third-order valence-corrected chi connectivity index (χ3v) is 5.56. The molecule has 1 aliphatic carbocycles. The van der Waals surface area contributed by atoms with Crippen molar-refractivity contribution in [2.24, 2.45) is 0 Å². The minimum atomic E-state index is -1.25. The Balaban J connectivity index is 2.36. The highest BCUT2D eigenvalue weighted by Crippen LogP contribution is 2.41. The Kier molecular flexibility index (Phi) is 4.66. The van der Waals surface area contributed by atoms with Crippen LogP contribution in [0.3, 0.4) is 0 Å². The van der Waals surface area contributed by atoms with Gasteiger partial charge in [0, 0.05) is 11.4 Å². The third kappa shape index (κ3) is 3.42. The van der Waals surface area contributed by atoms with Crippen LogP contribution in [0, 0.1) is 0 Å². The summed E-state index contributed by atoms with van der Waals surface area (Å²) in [6.45, 7) is 5.76. The number of hydrogen-bond acceptors (Lipinski definition) is 4. The van der Waals surface area contributed by atoms with Crippen LogP contribution in [-0.4, -0.2) is 22.4 Å². The predicted octanol–water partition coefficient (Wildman–Crippen LogP) is 2.44. The molecule has 0 saturated carbocycles. The number of aryl methyl sites for hydroxylation is 1. The number of methoxy groups -OCH3 is 1. The Bertz CT molecular complexity index is 526. The van der Waals surface area contributed by atoms with Gasteiger partial charge in [0.25, 0.3) is 0 Å². The van der Waals surface area contributed by atoms with E-state index in [4.69, 9.17) is 4.74 Å². The molecule has 4 nitrogen and oxygen atoms in total. The first kappa shape index (κ1) is 16.3. The van der Waals surface area contributed by atoms with E-state index in [1.54, 1.807) is 0 Å². The van der Waals surface area contributed by atoms with Crippen molar-refractivity contribution in [2.45, 2.75) is 50.3 Å². The SMILES string of the molecule is COC(=O)C[C@@]1(N[S@+]([O-])C(C)(C)C)CCc2ccccc21. The summed E-state index contributed by atoms with van der Waals surface area (Å²) in [4.78, 5) is 11.9. The quantitative estimate of drug-likeness (QED) is 0.685. The second-order valence-electron chi connectivity index (χ2n) is 6.48. The van der Waals surface area contributed by atoms with Gasteiger partial charge >= 0.3 is 5.97 Å². The summed E-state index contributed by atoms with van der Waals surface area (Å²) >= 11 is -1.25. The van der Waals surface area contributed by atoms with Gasteiger partial charge in [0.05, 0.1) is 19.1 Å². The summed E-state index contributed by atoms with van der Waals surface area (Å²) in [6, 6.07) is 8.03. The molecule has 0 radical (unpaired) electrons. The fraction of sp³-hybridized carbons (Fsp3) is 0.562. The number of rotatable bonds is 4. The van der Waals surface area contributed by atoms with Crippen LogP contribution in [0.5, 0.6) is 0 Å². The monoisotopic (exact) mass is 309 g/mol. The lowest BCUT2D eigenvalue weighted by Gasteiger charge is -2.34. The minimum Gasteiger partial charge on any atom is -0.598 e. The van der Waals surface area contributed by atoms with Crippen molar-refractivity contribution in [2.75, 3.05) is 7.11 Å². The fourth-order valence-corrected chi connectivity index (χ4v) is 3.61. The second-order valence-corrected chi connectivity index (χ2v) is 8.44. The zero-order valence-electron chi connectivity index (χ0n) is 13.1. The van der Waals surface area contributed by atoms with E-state index in [0.29, 0.717) is 0 Å². The Labute approximate surface area is 129 Å². The minimum absolute atomic E-state index is 0.197. The van der Waals surface area contributed by atoms with Crippen molar-refractivity contribution in [1.82, 2.24) is 4.72 Å². The maximum absolute atomic E-state index is 12.6. The molecule has 0 unspecified atom stereocenters. The van der Waals surface area contributed by atoms with Crippen LogP contribution in [0.15, 0.2) is 24.3 Å². The topological polar surface area (TPSA) is 61.4 Å². The number of carbonyl (C=O) groups is 1. The van der Waals surface area contributed by atoms with Crippen LogP contribution < -0.4 is 4.72 Å². The van der Waals surface area contributed by atoms with Gasteiger partial charge in [-0.1, -0.05) is 24.3 Å². The van der Waals surface area contributed by atoms with E-state index in [9.17, 15) is 9.35 Å². The predicted molar refractivity (Wildman–Crippen MR) is 84.1 cm³/mol. The molecular weight excluding hydrogens is 286 g/mol. The highest BCUT2D eigenvalue weighted by molar-refractivity contribution is 7.90. The summed E-state index contributed by atoms with van der Waals surface area (Å²) in [6.07, 6.45) is 1.83. The van der Waals surface area contributed by atoms with Gasteiger partial charge in [0.1, 0.15) is 4.75 Å². The zero-order valence-corrected chi connectivity index (χ0v) is 13.9. The number of carbonyl (C=O) groups excluding carboxylic acids is 1. The highest BCUT2D eigenvalue weighted by atomic mass is 32.2. The molecule has 0 spiro atoms. The van der Waals surface area contributed by atoms with E-state index in [0.717, 1.165) is 18.4 Å². The molecule has 0 saturated heterocycles. The van der Waals surface area contributed by atoms with Crippen molar-refractivity contribution in [3.8, 4) is 0 Å². The molecule has 0 aliphatic heterocycles. The molecule has 1 aromatic rings. The van der Waals surface area contributed by atoms with Crippen molar-refractivity contribution < 1.29 is 14.1 Å². The molecular formula is C16H23NO3S. The van der Waals surface area contributed by atoms with Gasteiger partial charge in [-0.05, 0) is 44.7 Å². The number of ether oxygens (including phenoxy) is 1. The van der Waals surface area contributed by atoms with Crippen LogP contribution in [0.25, 0.3) is 0 Å². The molecule has 0 fully saturated rings. The number of esters is 1. The molecule has 0 aromatic heterocycles. The first-order chi connectivity index (χ1) is 9.78. The van der Waals surface area contributed by atoms with Crippen molar-refractivity contribution in [3.63, 3.8) is 0 Å². The van der Waals surface area contributed by atoms with Gasteiger partial charge < -0.3 is 9.29 Å². The Morgan fingerprint density at radius 2 is 2.10 bits per heavy atom. The van der Waals surface area contributed by atoms with Crippen LogP contribution in [-0.2, 0) is 32.9 Å². The van der Waals surface area contributed by atoms with E-state index in [2.05, 4.69) is 10.8 Å². The molecule has 0 heterocycles. The van der Waals surface area contributed by atoms with Gasteiger partial charge in [-0.2, -0.15) is 0 Å². The lowest BCUT2D eigenvalue weighted by molar-refractivity contribution is -0.142. The Morgan fingerprint density at radius 1 is 1.43 bits per heavy atom. The number of hydrogen-bond donors (Lipinski definition) is 1.